The Balaban J connectivity index is 1.56. The number of hydrogen-bond acceptors (Lipinski definition) is 3. The molecule has 1 unspecified atom stereocenters. The first-order valence-corrected chi connectivity index (χ1v) is 8.10. The number of nitrogens with zero attached hydrogens (tertiary/aromatic N) is 3. The van der Waals surface area contributed by atoms with Gasteiger partial charge in [0.15, 0.2) is 0 Å². The van der Waals surface area contributed by atoms with E-state index in [1.807, 2.05) is 30.1 Å². The smallest absolute Gasteiger partial charge is 0.274 e. The first-order chi connectivity index (χ1) is 11.1. The molecule has 0 bridgehead atoms. The van der Waals surface area contributed by atoms with Crippen molar-refractivity contribution in [2.75, 3.05) is 19.7 Å². The zero-order valence-electron chi connectivity index (χ0n) is 13.7. The summed E-state index contributed by atoms with van der Waals surface area (Å²) >= 11 is 0. The van der Waals surface area contributed by atoms with Crippen LogP contribution in [0.3, 0.4) is 0 Å². The molecule has 2 heterocycles. The fourth-order valence-corrected chi connectivity index (χ4v) is 3.00. The van der Waals surface area contributed by atoms with Gasteiger partial charge < -0.3 is 9.64 Å². The predicted molar refractivity (Wildman–Crippen MR) is 88.5 cm³/mol. The Morgan fingerprint density at radius 2 is 2.26 bits per heavy atom. The van der Waals surface area contributed by atoms with Gasteiger partial charge in [0.2, 0.25) is 0 Å². The summed E-state index contributed by atoms with van der Waals surface area (Å²) in [6, 6.07) is 9.85. The molecule has 1 amide bonds. The van der Waals surface area contributed by atoms with E-state index in [0.29, 0.717) is 18.2 Å². The van der Waals surface area contributed by atoms with Crippen molar-refractivity contribution in [3.63, 3.8) is 0 Å². The van der Waals surface area contributed by atoms with E-state index in [1.54, 1.807) is 16.9 Å². The normalized spacial score (nSPS) is 18.0. The Bertz CT molecular complexity index is 680. The van der Waals surface area contributed by atoms with Gasteiger partial charge in [-0.2, -0.15) is 5.10 Å². The van der Waals surface area contributed by atoms with Crippen molar-refractivity contribution in [1.82, 2.24) is 14.7 Å². The van der Waals surface area contributed by atoms with Crippen LogP contribution < -0.4 is 4.74 Å². The van der Waals surface area contributed by atoms with E-state index in [-0.39, 0.29) is 5.91 Å². The second-order valence-electron chi connectivity index (χ2n) is 6.26. The van der Waals surface area contributed by atoms with Crippen LogP contribution >= 0.6 is 0 Å². The Hall–Kier alpha value is -2.30. The SMILES string of the molecule is Cc1cccc(OCC2CCCN(C(=O)c3ccn(C)n3)C2)c1. The van der Waals surface area contributed by atoms with Crippen molar-refractivity contribution in [2.45, 2.75) is 19.8 Å². The zero-order chi connectivity index (χ0) is 16.2. The fraction of sp³-hybridized carbons (Fsp3) is 0.444. The average Bonchev–Trinajstić information content (AvgIpc) is 2.99. The van der Waals surface area contributed by atoms with E-state index in [9.17, 15) is 4.79 Å². The molecule has 1 aromatic heterocycles. The highest BCUT2D eigenvalue weighted by Gasteiger charge is 2.26. The molecular weight excluding hydrogens is 290 g/mol. The van der Waals surface area contributed by atoms with Crippen molar-refractivity contribution < 1.29 is 9.53 Å². The van der Waals surface area contributed by atoms with Crippen LogP contribution in [0.4, 0.5) is 0 Å². The summed E-state index contributed by atoms with van der Waals surface area (Å²) in [5, 5.41) is 4.21. The van der Waals surface area contributed by atoms with Gasteiger partial charge in [-0.3, -0.25) is 9.48 Å². The fourth-order valence-electron chi connectivity index (χ4n) is 3.00. The van der Waals surface area contributed by atoms with Crippen LogP contribution in [0.5, 0.6) is 5.75 Å². The molecule has 1 aliphatic heterocycles. The van der Waals surface area contributed by atoms with Crippen molar-refractivity contribution in [2.24, 2.45) is 13.0 Å². The molecule has 1 aliphatic rings. The number of ether oxygens (including phenoxy) is 1. The third kappa shape index (κ3) is 3.92. The molecule has 1 saturated heterocycles. The van der Waals surface area contributed by atoms with E-state index in [1.165, 1.54) is 5.56 Å². The van der Waals surface area contributed by atoms with Crippen LogP contribution in [0.25, 0.3) is 0 Å². The van der Waals surface area contributed by atoms with Crippen molar-refractivity contribution in [3.8, 4) is 5.75 Å². The highest BCUT2D eigenvalue weighted by atomic mass is 16.5. The lowest BCUT2D eigenvalue weighted by Gasteiger charge is -2.32. The summed E-state index contributed by atoms with van der Waals surface area (Å²) in [6.07, 6.45) is 3.91. The number of likely N-dealkylation sites (tertiary alicyclic amines) is 1. The van der Waals surface area contributed by atoms with Crippen LogP contribution in [0.2, 0.25) is 0 Å². The lowest BCUT2D eigenvalue weighted by molar-refractivity contribution is 0.0627. The summed E-state index contributed by atoms with van der Waals surface area (Å²) in [5.74, 6) is 1.29. The van der Waals surface area contributed by atoms with Crippen LogP contribution in [0.1, 0.15) is 28.9 Å². The average molecular weight is 313 g/mol. The number of carbonyl (C=O) groups excluding carboxylic acids is 1. The summed E-state index contributed by atoms with van der Waals surface area (Å²) in [5.41, 5.74) is 1.71. The third-order valence-electron chi connectivity index (χ3n) is 4.21. The third-order valence-corrected chi connectivity index (χ3v) is 4.21. The largest absolute Gasteiger partial charge is 0.493 e. The van der Waals surface area contributed by atoms with Crippen LogP contribution in [-0.2, 0) is 7.05 Å². The number of hydrogen-bond donors (Lipinski definition) is 0. The Morgan fingerprint density at radius 1 is 1.39 bits per heavy atom. The van der Waals surface area contributed by atoms with E-state index in [2.05, 4.69) is 18.1 Å². The van der Waals surface area contributed by atoms with E-state index in [4.69, 9.17) is 4.74 Å². The van der Waals surface area contributed by atoms with Crippen LogP contribution in [0.15, 0.2) is 36.5 Å². The Kier molecular flexibility index (Phi) is 4.65. The zero-order valence-corrected chi connectivity index (χ0v) is 13.7. The lowest BCUT2D eigenvalue weighted by Crippen LogP contribution is -2.41. The minimum atomic E-state index is 0.0193. The topological polar surface area (TPSA) is 47.4 Å². The maximum Gasteiger partial charge on any atom is 0.274 e. The predicted octanol–water partition coefficient (Wildman–Crippen LogP) is 2.66. The van der Waals surface area contributed by atoms with Gasteiger partial charge >= 0.3 is 0 Å². The monoisotopic (exact) mass is 313 g/mol. The molecule has 3 rings (SSSR count). The molecule has 0 radical (unpaired) electrons. The van der Waals surface area contributed by atoms with Crippen molar-refractivity contribution in [3.05, 3.63) is 47.8 Å². The number of carbonyl (C=O) groups is 1. The van der Waals surface area contributed by atoms with Gasteiger partial charge in [-0.05, 0) is 43.5 Å². The number of aromatic nitrogens is 2. The number of rotatable bonds is 4. The lowest BCUT2D eigenvalue weighted by atomic mass is 9.98. The molecule has 0 saturated carbocycles. The number of amides is 1. The van der Waals surface area contributed by atoms with Crippen molar-refractivity contribution >= 4 is 5.91 Å². The molecule has 0 spiro atoms. The molecular formula is C18H23N3O2. The first-order valence-electron chi connectivity index (χ1n) is 8.10. The summed E-state index contributed by atoms with van der Waals surface area (Å²) in [6.45, 7) is 4.24. The molecule has 5 heteroatoms. The van der Waals surface area contributed by atoms with Gasteiger partial charge in [-0.15, -0.1) is 0 Å². The molecule has 2 aromatic rings. The van der Waals surface area contributed by atoms with Gasteiger partial charge in [0.05, 0.1) is 6.61 Å². The maximum absolute atomic E-state index is 12.5. The molecule has 1 atom stereocenters. The van der Waals surface area contributed by atoms with Gasteiger partial charge in [-0.25, -0.2) is 0 Å². The quantitative estimate of drug-likeness (QED) is 0.872. The van der Waals surface area contributed by atoms with Crippen molar-refractivity contribution in [1.29, 1.82) is 0 Å². The molecule has 23 heavy (non-hydrogen) atoms. The van der Waals surface area contributed by atoms with Gasteiger partial charge in [0, 0.05) is 32.3 Å². The second kappa shape index (κ2) is 6.86. The Morgan fingerprint density at radius 3 is 3.00 bits per heavy atom. The highest BCUT2D eigenvalue weighted by Crippen LogP contribution is 2.20. The first kappa shape index (κ1) is 15.6. The Labute approximate surface area is 136 Å². The number of benzene rings is 1. The molecule has 1 fully saturated rings. The van der Waals surface area contributed by atoms with Gasteiger partial charge in [0.25, 0.3) is 5.91 Å². The standard InChI is InChI=1S/C18H23N3O2/c1-14-5-3-7-16(11-14)23-13-15-6-4-9-21(12-15)18(22)17-8-10-20(2)19-17/h3,5,7-8,10-11,15H,4,6,9,12-13H2,1-2H3. The minimum absolute atomic E-state index is 0.0193. The molecule has 5 nitrogen and oxygen atoms in total. The molecule has 122 valence electrons. The summed E-state index contributed by atoms with van der Waals surface area (Å²) in [7, 11) is 1.82. The van der Waals surface area contributed by atoms with E-state index >= 15 is 0 Å². The number of aryl methyl sites for hydroxylation is 2. The molecule has 0 aliphatic carbocycles. The maximum atomic E-state index is 12.5. The van der Waals surface area contributed by atoms with Gasteiger partial charge in [-0.1, -0.05) is 12.1 Å². The van der Waals surface area contributed by atoms with Crippen LogP contribution in [0, 0.1) is 12.8 Å². The highest BCUT2D eigenvalue weighted by molar-refractivity contribution is 5.92. The van der Waals surface area contributed by atoms with E-state index in [0.717, 1.165) is 31.7 Å². The minimum Gasteiger partial charge on any atom is -0.493 e. The van der Waals surface area contributed by atoms with Crippen LogP contribution in [-0.4, -0.2) is 40.3 Å². The van der Waals surface area contributed by atoms with Gasteiger partial charge in [0.1, 0.15) is 11.4 Å². The molecule has 1 aromatic carbocycles. The second-order valence-corrected chi connectivity index (χ2v) is 6.26. The summed E-state index contributed by atoms with van der Waals surface area (Å²) < 4.78 is 7.57. The summed E-state index contributed by atoms with van der Waals surface area (Å²) in [4.78, 5) is 14.4. The molecule has 0 N–H and O–H groups in total. The van der Waals surface area contributed by atoms with E-state index < -0.39 is 0 Å². The number of piperidine rings is 1.